The topological polar surface area (TPSA) is 26.3 Å². The molecule has 114 valence electrons. The molecule has 0 fully saturated rings. The number of hydrogen-bond acceptors (Lipinski definition) is 2. The van der Waals surface area contributed by atoms with Crippen molar-refractivity contribution < 1.29 is 9.53 Å². The maximum absolute atomic E-state index is 11.0. The number of carbonyl (C=O) groups is 1. The molecule has 0 aromatic heterocycles. The van der Waals surface area contributed by atoms with Crippen LogP contribution in [0.15, 0.2) is 37.0 Å². The maximum Gasteiger partial charge on any atom is 0.330 e. The van der Waals surface area contributed by atoms with E-state index in [1.807, 2.05) is 12.2 Å². The van der Waals surface area contributed by atoms with Gasteiger partial charge in [0.2, 0.25) is 0 Å². The van der Waals surface area contributed by atoms with E-state index in [0.717, 1.165) is 12.8 Å². The fourth-order valence-electron chi connectivity index (χ4n) is 1.93. The third-order valence-corrected chi connectivity index (χ3v) is 3.05. The molecular formula is C18H30O2. The van der Waals surface area contributed by atoms with Crippen LogP contribution < -0.4 is 0 Å². The summed E-state index contributed by atoms with van der Waals surface area (Å²) in [7, 11) is 0. The molecule has 0 atom stereocenters. The van der Waals surface area contributed by atoms with Crippen molar-refractivity contribution in [3.63, 3.8) is 0 Å². The van der Waals surface area contributed by atoms with E-state index in [0.29, 0.717) is 6.61 Å². The minimum atomic E-state index is -0.270. The Hall–Kier alpha value is -1.31. The first-order valence-corrected chi connectivity index (χ1v) is 7.92. The summed E-state index contributed by atoms with van der Waals surface area (Å²) in [6.07, 6.45) is 20.7. The van der Waals surface area contributed by atoms with Crippen LogP contribution in [0.4, 0.5) is 0 Å². The summed E-state index contributed by atoms with van der Waals surface area (Å²) in [6.45, 7) is 5.97. The molecule has 0 aromatic carbocycles. The van der Waals surface area contributed by atoms with Crippen LogP contribution in [0.25, 0.3) is 0 Å². The Morgan fingerprint density at radius 3 is 2.15 bits per heavy atom. The van der Waals surface area contributed by atoms with Gasteiger partial charge >= 0.3 is 5.97 Å². The summed E-state index contributed by atoms with van der Waals surface area (Å²) in [5.74, 6) is -0.270. The molecule has 20 heavy (non-hydrogen) atoms. The average molecular weight is 278 g/mol. The Morgan fingerprint density at radius 1 is 0.950 bits per heavy atom. The molecule has 2 heteroatoms. The standard InChI is InChI=1S/C18H30O2/c1-3-5-6-7-8-9-10-11-12-13-14-15-16-17-18(19)20-4-2/h3,14-17H,1,4-13H2,2H3/b15-14+,17-16+. The van der Waals surface area contributed by atoms with Crippen molar-refractivity contribution >= 4 is 5.97 Å². The molecule has 0 aromatic rings. The lowest BCUT2D eigenvalue weighted by Crippen LogP contribution is -1.98. The van der Waals surface area contributed by atoms with Crippen LogP contribution in [0, 0.1) is 0 Å². The van der Waals surface area contributed by atoms with Crippen LogP contribution in [-0.4, -0.2) is 12.6 Å². The molecule has 0 saturated heterocycles. The molecule has 0 unspecified atom stereocenters. The highest BCUT2D eigenvalue weighted by Gasteiger charge is 1.91. The van der Waals surface area contributed by atoms with Crippen LogP contribution >= 0.6 is 0 Å². The number of hydrogen-bond donors (Lipinski definition) is 0. The van der Waals surface area contributed by atoms with Gasteiger partial charge in [0.05, 0.1) is 6.61 Å². The van der Waals surface area contributed by atoms with Gasteiger partial charge in [-0.3, -0.25) is 0 Å². The minimum Gasteiger partial charge on any atom is -0.463 e. The lowest BCUT2D eigenvalue weighted by Gasteiger charge is -1.99. The van der Waals surface area contributed by atoms with Crippen molar-refractivity contribution in [2.24, 2.45) is 0 Å². The summed E-state index contributed by atoms with van der Waals surface area (Å²) in [5.41, 5.74) is 0. The molecule has 0 amide bonds. The Bertz CT molecular complexity index is 290. The Balaban J connectivity index is 3.27. The lowest BCUT2D eigenvalue weighted by molar-refractivity contribution is -0.137. The van der Waals surface area contributed by atoms with Crippen LogP contribution in [0.2, 0.25) is 0 Å². The van der Waals surface area contributed by atoms with E-state index >= 15 is 0 Å². The Labute approximate surface area is 124 Å². The second-order valence-corrected chi connectivity index (χ2v) is 4.88. The minimum absolute atomic E-state index is 0.270. The third-order valence-electron chi connectivity index (χ3n) is 3.05. The van der Waals surface area contributed by atoms with Gasteiger partial charge in [-0.15, -0.1) is 6.58 Å². The van der Waals surface area contributed by atoms with Gasteiger partial charge in [-0.25, -0.2) is 4.79 Å². The smallest absolute Gasteiger partial charge is 0.330 e. The quantitative estimate of drug-likeness (QED) is 0.149. The van der Waals surface area contributed by atoms with Crippen molar-refractivity contribution in [2.45, 2.75) is 64.7 Å². The molecule has 0 aliphatic rings. The molecule has 0 rings (SSSR count). The van der Waals surface area contributed by atoms with Gasteiger partial charge in [0, 0.05) is 6.08 Å². The van der Waals surface area contributed by atoms with Crippen molar-refractivity contribution in [3.05, 3.63) is 37.0 Å². The van der Waals surface area contributed by atoms with Crippen LogP contribution in [-0.2, 0) is 9.53 Å². The zero-order valence-electron chi connectivity index (χ0n) is 13.0. The van der Waals surface area contributed by atoms with E-state index in [-0.39, 0.29) is 5.97 Å². The highest BCUT2D eigenvalue weighted by molar-refractivity contribution is 5.82. The fraction of sp³-hybridized carbons (Fsp3) is 0.611. The second kappa shape index (κ2) is 15.7. The van der Waals surface area contributed by atoms with Crippen molar-refractivity contribution in [1.29, 1.82) is 0 Å². The summed E-state index contributed by atoms with van der Waals surface area (Å²) in [5, 5.41) is 0. The summed E-state index contributed by atoms with van der Waals surface area (Å²) in [6, 6.07) is 0. The van der Waals surface area contributed by atoms with Crippen LogP contribution in [0.1, 0.15) is 64.7 Å². The number of esters is 1. The summed E-state index contributed by atoms with van der Waals surface area (Å²) in [4.78, 5) is 11.0. The van der Waals surface area contributed by atoms with Crippen molar-refractivity contribution in [2.75, 3.05) is 6.61 Å². The van der Waals surface area contributed by atoms with E-state index in [1.165, 1.54) is 51.0 Å². The lowest BCUT2D eigenvalue weighted by atomic mass is 10.1. The van der Waals surface area contributed by atoms with Gasteiger partial charge in [0.1, 0.15) is 0 Å². The van der Waals surface area contributed by atoms with Gasteiger partial charge in [-0.05, 0) is 32.6 Å². The number of carbonyl (C=O) groups excluding carboxylic acids is 1. The van der Waals surface area contributed by atoms with E-state index in [4.69, 9.17) is 4.74 Å². The first-order chi connectivity index (χ1) is 9.81. The normalized spacial score (nSPS) is 11.2. The van der Waals surface area contributed by atoms with Gasteiger partial charge in [0.25, 0.3) is 0 Å². The highest BCUT2D eigenvalue weighted by atomic mass is 16.5. The predicted octanol–water partition coefficient (Wildman–Crippen LogP) is 5.36. The molecule has 0 heterocycles. The van der Waals surface area contributed by atoms with Crippen molar-refractivity contribution in [3.8, 4) is 0 Å². The molecule has 2 nitrogen and oxygen atoms in total. The monoisotopic (exact) mass is 278 g/mol. The number of unbranched alkanes of at least 4 members (excludes halogenated alkanes) is 8. The SMILES string of the molecule is C=CCCCCCCCCC/C=C/C=C/C(=O)OCC. The van der Waals surface area contributed by atoms with E-state index in [9.17, 15) is 4.79 Å². The van der Waals surface area contributed by atoms with E-state index in [2.05, 4.69) is 12.7 Å². The average Bonchev–Trinajstić information content (AvgIpc) is 2.44. The molecular weight excluding hydrogens is 248 g/mol. The number of ether oxygens (including phenoxy) is 1. The zero-order valence-corrected chi connectivity index (χ0v) is 13.0. The molecule has 0 bridgehead atoms. The van der Waals surface area contributed by atoms with Crippen LogP contribution in [0.5, 0.6) is 0 Å². The number of rotatable bonds is 13. The molecule has 0 radical (unpaired) electrons. The zero-order chi connectivity index (χ0) is 14.9. The maximum atomic E-state index is 11.0. The second-order valence-electron chi connectivity index (χ2n) is 4.88. The molecule has 0 aliphatic heterocycles. The van der Waals surface area contributed by atoms with Crippen LogP contribution in [0.3, 0.4) is 0 Å². The van der Waals surface area contributed by atoms with Gasteiger partial charge in [-0.1, -0.05) is 56.4 Å². The first kappa shape index (κ1) is 18.7. The third kappa shape index (κ3) is 14.7. The van der Waals surface area contributed by atoms with E-state index < -0.39 is 0 Å². The largest absolute Gasteiger partial charge is 0.463 e. The molecule has 0 spiro atoms. The van der Waals surface area contributed by atoms with Crippen molar-refractivity contribution in [1.82, 2.24) is 0 Å². The summed E-state index contributed by atoms with van der Waals surface area (Å²) >= 11 is 0. The fourth-order valence-corrected chi connectivity index (χ4v) is 1.93. The predicted molar refractivity (Wildman–Crippen MR) is 86.7 cm³/mol. The molecule has 0 aliphatic carbocycles. The van der Waals surface area contributed by atoms with Gasteiger partial charge in [0.15, 0.2) is 0 Å². The van der Waals surface area contributed by atoms with Gasteiger partial charge in [-0.2, -0.15) is 0 Å². The molecule has 0 saturated carbocycles. The van der Waals surface area contributed by atoms with Gasteiger partial charge < -0.3 is 4.74 Å². The molecule has 0 N–H and O–H groups in total. The first-order valence-electron chi connectivity index (χ1n) is 7.92. The Morgan fingerprint density at radius 2 is 1.55 bits per heavy atom. The number of allylic oxidation sites excluding steroid dienone is 4. The summed E-state index contributed by atoms with van der Waals surface area (Å²) < 4.78 is 4.78. The Kier molecular flexibility index (Phi) is 14.7. The van der Waals surface area contributed by atoms with E-state index in [1.54, 1.807) is 13.0 Å². The highest BCUT2D eigenvalue weighted by Crippen LogP contribution is 2.10.